The van der Waals surface area contributed by atoms with Gasteiger partial charge in [-0.1, -0.05) is 30.3 Å². The van der Waals surface area contributed by atoms with Crippen LogP contribution in [-0.2, 0) is 11.2 Å². The Bertz CT molecular complexity index is 674. The topological polar surface area (TPSA) is 32.3 Å². The highest BCUT2D eigenvalue weighted by molar-refractivity contribution is 5.78. The van der Waals surface area contributed by atoms with E-state index in [0.29, 0.717) is 12.1 Å². The molecule has 0 heterocycles. The van der Waals surface area contributed by atoms with Crippen LogP contribution in [-0.4, -0.2) is 31.4 Å². The minimum atomic E-state index is -0.392. The van der Waals surface area contributed by atoms with Gasteiger partial charge in [0.25, 0.3) is 0 Å². The maximum atomic E-state index is 13.6. The number of nitrogens with zero attached hydrogens (tertiary/aromatic N) is 1. The molecule has 23 heavy (non-hydrogen) atoms. The summed E-state index contributed by atoms with van der Waals surface area (Å²) >= 11 is 0. The van der Waals surface area contributed by atoms with Crippen LogP contribution in [0.15, 0.2) is 48.5 Å². The van der Waals surface area contributed by atoms with Crippen molar-refractivity contribution in [3.8, 4) is 0 Å². The van der Waals surface area contributed by atoms with Gasteiger partial charge in [0.15, 0.2) is 0 Å². The van der Waals surface area contributed by atoms with Gasteiger partial charge in [-0.05, 0) is 43.4 Å². The molecule has 1 N–H and O–H groups in total. The summed E-state index contributed by atoms with van der Waals surface area (Å²) in [5.74, 6) is -0.970. The van der Waals surface area contributed by atoms with Crippen LogP contribution in [0.1, 0.15) is 17.2 Å². The van der Waals surface area contributed by atoms with Crippen LogP contribution in [0.5, 0.6) is 0 Å². The first kappa shape index (κ1) is 17.1. The molecule has 0 radical (unpaired) electrons. The molecule has 1 unspecified atom stereocenters. The number of rotatable bonds is 6. The highest BCUT2D eigenvalue weighted by Crippen LogP contribution is 2.18. The SMILES string of the molecule is CN(C)C(CNC(=O)Cc1ccccc1F)c1cccc(F)c1. The molecule has 2 aromatic rings. The number of hydrogen-bond acceptors (Lipinski definition) is 2. The Balaban J connectivity index is 1.99. The molecule has 0 aromatic heterocycles. The molecule has 122 valence electrons. The summed E-state index contributed by atoms with van der Waals surface area (Å²) in [6.07, 6.45) is -0.0179. The first-order valence-electron chi connectivity index (χ1n) is 7.39. The summed E-state index contributed by atoms with van der Waals surface area (Å²) in [5.41, 5.74) is 1.14. The first-order valence-corrected chi connectivity index (χ1v) is 7.39. The molecule has 0 spiro atoms. The smallest absolute Gasteiger partial charge is 0.224 e. The van der Waals surface area contributed by atoms with E-state index < -0.39 is 5.82 Å². The zero-order chi connectivity index (χ0) is 16.8. The van der Waals surface area contributed by atoms with E-state index in [1.54, 1.807) is 24.3 Å². The number of amides is 1. The highest BCUT2D eigenvalue weighted by Gasteiger charge is 2.16. The van der Waals surface area contributed by atoms with Crippen LogP contribution in [0, 0.1) is 11.6 Å². The van der Waals surface area contributed by atoms with Crippen LogP contribution in [0.4, 0.5) is 8.78 Å². The zero-order valence-corrected chi connectivity index (χ0v) is 13.2. The van der Waals surface area contributed by atoms with Crippen LogP contribution >= 0.6 is 0 Å². The summed E-state index contributed by atoms with van der Waals surface area (Å²) in [6.45, 7) is 0.323. The molecule has 1 amide bonds. The van der Waals surface area contributed by atoms with E-state index in [1.165, 1.54) is 18.2 Å². The largest absolute Gasteiger partial charge is 0.354 e. The molecular formula is C18H20F2N2O. The van der Waals surface area contributed by atoms with E-state index in [0.717, 1.165) is 5.56 Å². The highest BCUT2D eigenvalue weighted by atomic mass is 19.1. The lowest BCUT2D eigenvalue weighted by Crippen LogP contribution is -2.35. The summed E-state index contributed by atoms with van der Waals surface area (Å²) < 4.78 is 26.9. The maximum Gasteiger partial charge on any atom is 0.224 e. The Morgan fingerprint density at radius 1 is 1.13 bits per heavy atom. The lowest BCUT2D eigenvalue weighted by Gasteiger charge is -2.25. The fourth-order valence-electron chi connectivity index (χ4n) is 2.40. The van der Waals surface area contributed by atoms with E-state index in [2.05, 4.69) is 5.32 Å². The molecule has 0 aliphatic heterocycles. The van der Waals surface area contributed by atoms with Gasteiger partial charge < -0.3 is 10.2 Å². The molecule has 0 saturated heterocycles. The van der Waals surface area contributed by atoms with Gasteiger partial charge in [-0.2, -0.15) is 0 Å². The van der Waals surface area contributed by atoms with E-state index in [9.17, 15) is 13.6 Å². The van der Waals surface area contributed by atoms with E-state index in [4.69, 9.17) is 0 Å². The third-order valence-corrected chi connectivity index (χ3v) is 3.66. The van der Waals surface area contributed by atoms with Crippen LogP contribution in [0.25, 0.3) is 0 Å². The second kappa shape index (κ2) is 7.83. The Hall–Kier alpha value is -2.27. The lowest BCUT2D eigenvalue weighted by atomic mass is 10.1. The van der Waals surface area contributed by atoms with Gasteiger partial charge >= 0.3 is 0 Å². The zero-order valence-electron chi connectivity index (χ0n) is 13.2. The van der Waals surface area contributed by atoms with Crippen molar-refractivity contribution in [2.24, 2.45) is 0 Å². The fourth-order valence-corrected chi connectivity index (χ4v) is 2.40. The van der Waals surface area contributed by atoms with Crippen molar-refractivity contribution < 1.29 is 13.6 Å². The van der Waals surface area contributed by atoms with Gasteiger partial charge in [0.2, 0.25) is 5.91 Å². The Labute approximate surface area is 134 Å². The summed E-state index contributed by atoms with van der Waals surface area (Å²) in [7, 11) is 3.72. The van der Waals surface area contributed by atoms with Crippen molar-refractivity contribution in [1.82, 2.24) is 10.2 Å². The van der Waals surface area contributed by atoms with Crippen LogP contribution in [0.3, 0.4) is 0 Å². The molecule has 0 aliphatic rings. The molecule has 0 aliphatic carbocycles. The van der Waals surface area contributed by atoms with Gasteiger partial charge in [-0.15, -0.1) is 0 Å². The fraction of sp³-hybridized carbons (Fsp3) is 0.278. The van der Waals surface area contributed by atoms with Gasteiger partial charge in [0.05, 0.1) is 12.5 Å². The number of carbonyl (C=O) groups excluding carboxylic acids is 1. The molecule has 0 saturated carbocycles. The standard InChI is InChI=1S/C18H20F2N2O/c1-22(2)17(14-7-5-8-15(19)10-14)12-21-18(23)11-13-6-3-4-9-16(13)20/h3-10,17H,11-12H2,1-2H3,(H,21,23). The lowest BCUT2D eigenvalue weighted by molar-refractivity contribution is -0.120. The minimum absolute atomic E-state index is 0.0179. The number of halogens is 2. The van der Waals surface area contributed by atoms with Crippen molar-refractivity contribution in [2.45, 2.75) is 12.5 Å². The van der Waals surface area contributed by atoms with Crippen molar-refractivity contribution in [2.75, 3.05) is 20.6 Å². The number of carbonyl (C=O) groups is 1. The van der Waals surface area contributed by atoms with Gasteiger partial charge in [0, 0.05) is 6.54 Å². The first-order chi connectivity index (χ1) is 11.0. The predicted molar refractivity (Wildman–Crippen MR) is 85.9 cm³/mol. The third kappa shape index (κ3) is 4.86. The molecule has 3 nitrogen and oxygen atoms in total. The summed E-state index contributed by atoms with van der Waals surface area (Å²) in [6, 6.07) is 12.3. The summed E-state index contributed by atoms with van der Waals surface area (Å²) in [5, 5.41) is 2.79. The van der Waals surface area contributed by atoms with Crippen molar-refractivity contribution in [3.05, 3.63) is 71.3 Å². The van der Waals surface area contributed by atoms with Crippen molar-refractivity contribution in [3.63, 3.8) is 0 Å². The molecular weight excluding hydrogens is 298 g/mol. The minimum Gasteiger partial charge on any atom is -0.354 e. The van der Waals surface area contributed by atoms with Crippen molar-refractivity contribution >= 4 is 5.91 Å². The van der Waals surface area contributed by atoms with E-state index in [1.807, 2.05) is 25.1 Å². The van der Waals surface area contributed by atoms with Gasteiger partial charge in [-0.3, -0.25) is 4.79 Å². The number of benzene rings is 2. The van der Waals surface area contributed by atoms with Gasteiger partial charge in [0.1, 0.15) is 11.6 Å². The van der Waals surface area contributed by atoms with Crippen LogP contribution in [0.2, 0.25) is 0 Å². The molecule has 1 atom stereocenters. The summed E-state index contributed by atoms with van der Waals surface area (Å²) in [4.78, 5) is 13.9. The van der Waals surface area contributed by atoms with Crippen molar-refractivity contribution in [1.29, 1.82) is 0 Å². The molecule has 5 heteroatoms. The van der Waals surface area contributed by atoms with Gasteiger partial charge in [-0.25, -0.2) is 8.78 Å². The quantitative estimate of drug-likeness (QED) is 0.888. The number of nitrogens with one attached hydrogen (secondary N) is 1. The Morgan fingerprint density at radius 3 is 2.52 bits per heavy atom. The monoisotopic (exact) mass is 318 g/mol. The third-order valence-electron chi connectivity index (χ3n) is 3.66. The maximum absolute atomic E-state index is 13.6. The Kier molecular flexibility index (Phi) is 5.82. The normalized spacial score (nSPS) is 12.2. The molecule has 2 rings (SSSR count). The second-order valence-electron chi connectivity index (χ2n) is 5.61. The Morgan fingerprint density at radius 2 is 1.87 bits per heavy atom. The van der Waals surface area contributed by atoms with Crippen LogP contribution < -0.4 is 5.32 Å². The average molecular weight is 318 g/mol. The number of likely N-dealkylation sites (N-methyl/N-ethyl adjacent to an activating group) is 1. The molecule has 2 aromatic carbocycles. The second-order valence-corrected chi connectivity index (χ2v) is 5.61. The van der Waals surface area contributed by atoms with E-state index >= 15 is 0 Å². The predicted octanol–water partition coefficient (Wildman–Crippen LogP) is 2.93. The number of hydrogen-bond donors (Lipinski definition) is 1. The molecule has 0 bridgehead atoms. The van der Waals surface area contributed by atoms with E-state index in [-0.39, 0.29) is 24.2 Å². The average Bonchev–Trinajstić information content (AvgIpc) is 2.49. The molecule has 0 fully saturated rings.